The van der Waals surface area contributed by atoms with Gasteiger partial charge in [0.25, 0.3) is 0 Å². The summed E-state index contributed by atoms with van der Waals surface area (Å²) in [4.78, 5) is 11.6. The van der Waals surface area contributed by atoms with Crippen molar-refractivity contribution in [3.63, 3.8) is 0 Å². The van der Waals surface area contributed by atoms with Gasteiger partial charge >= 0.3 is 5.97 Å². The number of esters is 1. The molecular formula is C19H28N2O2. The fourth-order valence-electron chi connectivity index (χ4n) is 1.78. The Bertz CT molecular complexity index is 511. The van der Waals surface area contributed by atoms with E-state index in [9.17, 15) is 4.79 Å². The van der Waals surface area contributed by atoms with Gasteiger partial charge in [0.15, 0.2) is 0 Å². The highest BCUT2D eigenvalue weighted by Crippen LogP contribution is 2.05. The first-order chi connectivity index (χ1) is 10.8. The Hall–Kier alpha value is -2.17. The van der Waals surface area contributed by atoms with Gasteiger partial charge in [-0.05, 0) is 30.7 Å². The van der Waals surface area contributed by atoms with Crippen molar-refractivity contribution in [2.24, 2.45) is 5.73 Å². The van der Waals surface area contributed by atoms with Gasteiger partial charge in [0.05, 0.1) is 5.56 Å². The topological polar surface area (TPSA) is 87.3 Å². The largest absolute Gasteiger partial charge is 0.457 e. The van der Waals surface area contributed by atoms with Gasteiger partial charge in [-0.25, -0.2) is 4.79 Å². The molecular weight excluding hydrogens is 288 g/mol. The number of hydrogen-bond acceptors (Lipinski definition) is 4. The molecule has 0 aliphatic rings. The van der Waals surface area contributed by atoms with E-state index in [1.807, 2.05) is 48.5 Å². The predicted octanol–water partition coefficient (Wildman–Crippen LogP) is 4.34. The van der Waals surface area contributed by atoms with Crippen molar-refractivity contribution in [3.8, 4) is 0 Å². The lowest BCUT2D eigenvalue weighted by Crippen LogP contribution is -2.04. The molecule has 0 saturated heterocycles. The molecule has 0 bridgehead atoms. The zero-order valence-corrected chi connectivity index (χ0v) is 13.9. The molecule has 0 amide bonds. The van der Waals surface area contributed by atoms with E-state index in [1.54, 1.807) is 12.1 Å². The van der Waals surface area contributed by atoms with Crippen LogP contribution in [0.4, 0.5) is 0 Å². The third-order valence-corrected chi connectivity index (χ3v) is 3.03. The summed E-state index contributed by atoms with van der Waals surface area (Å²) in [5.41, 5.74) is 6.79. The molecule has 0 aromatic heterocycles. The standard InChI is InChI=1S/C14H12O2.C5H13N.H3N/c15-14(13-9-5-2-6-10-13)16-11-12-7-3-1-4-8-12;1-2-3-4-5-6;/h1-10H,11H2;2-6H2,1H3;1H3. The molecule has 2 aromatic rings. The molecule has 0 spiro atoms. The molecule has 0 radical (unpaired) electrons. The molecule has 0 atom stereocenters. The summed E-state index contributed by atoms with van der Waals surface area (Å²) < 4.78 is 5.18. The highest BCUT2D eigenvalue weighted by Gasteiger charge is 2.05. The van der Waals surface area contributed by atoms with Crippen LogP contribution in [0, 0.1) is 0 Å². The van der Waals surface area contributed by atoms with Crippen LogP contribution < -0.4 is 11.9 Å². The summed E-state index contributed by atoms with van der Waals surface area (Å²) in [7, 11) is 0. The second kappa shape index (κ2) is 13.5. The van der Waals surface area contributed by atoms with Crippen molar-refractivity contribution in [2.75, 3.05) is 6.54 Å². The molecule has 0 saturated carbocycles. The van der Waals surface area contributed by atoms with E-state index in [-0.39, 0.29) is 12.1 Å². The zero-order valence-electron chi connectivity index (χ0n) is 13.9. The van der Waals surface area contributed by atoms with E-state index >= 15 is 0 Å². The van der Waals surface area contributed by atoms with Crippen LogP contribution in [0.15, 0.2) is 60.7 Å². The Balaban J connectivity index is 0.000000599. The minimum atomic E-state index is -0.288. The summed E-state index contributed by atoms with van der Waals surface area (Å²) in [5, 5.41) is 0. The third kappa shape index (κ3) is 9.45. The highest BCUT2D eigenvalue weighted by atomic mass is 16.5. The van der Waals surface area contributed by atoms with Gasteiger partial charge in [-0.3, -0.25) is 0 Å². The molecule has 4 heteroatoms. The maximum Gasteiger partial charge on any atom is 0.338 e. The lowest BCUT2D eigenvalue weighted by molar-refractivity contribution is 0.0472. The lowest BCUT2D eigenvalue weighted by atomic mass is 10.2. The summed E-state index contributed by atoms with van der Waals surface area (Å²) in [6.45, 7) is 3.35. The molecule has 126 valence electrons. The first-order valence-corrected chi connectivity index (χ1v) is 7.74. The van der Waals surface area contributed by atoms with Gasteiger partial charge in [0.2, 0.25) is 0 Å². The van der Waals surface area contributed by atoms with Gasteiger partial charge in [0.1, 0.15) is 6.61 Å². The number of hydrogen-bond donors (Lipinski definition) is 2. The summed E-state index contributed by atoms with van der Waals surface area (Å²) >= 11 is 0. The van der Waals surface area contributed by atoms with Crippen molar-refractivity contribution >= 4 is 5.97 Å². The van der Waals surface area contributed by atoms with E-state index in [4.69, 9.17) is 10.5 Å². The number of rotatable bonds is 6. The van der Waals surface area contributed by atoms with Crippen LogP contribution >= 0.6 is 0 Å². The SMILES string of the molecule is CCCCCN.N.O=C(OCc1ccccc1)c1ccccc1. The number of unbranched alkanes of at least 4 members (excludes halogenated alkanes) is 2. The molecule has 0 aliphatic carbocycles. The lowest BCUT2D eigenvalue weighted by Gasteiger charge is -2.04. The summed E-state index contributed by atoms with van der Waals surface area (Å²) in [6.07, 6.45) is 3.75. The minimum Gasteiger partial charge on any atom is -0.457 e. The van der Waals surface area contributed by atoms with Gasteiger partial charge in [0, 0.05) is 0 Å². The monoisotopic (exact) mass is 316 g/mol. The van der Waals surface area contributed by atoms with Crippen LogP contribution in [-0.2, 0) is 11.3 Å². The number of nitrogens with two attached hydrogens (primary N) is 1. The summed E-state index contributed by atoms with van der Waals surface area (Å²) in [5.74, 6) is -0.288. The van der Waals surface area contributed by atoms with Crippen molar-refractivity contribution in [3.05, 3.63) is 71.8 Å². The predicted molar refractivity (Wildman–Crippen MR) is 95.6 cm³/mol. The Kier molecular flexibility index (Phi) is 12.2. The van der Waals surface area contributed by atoms with E-state index in [2.05, 4.69) is 6.92 Å². The molecule has 0 fully saturated rings. The van der Waals surface area contributed by atoms with Crippen molar-refractivity contribution < 1.29 is 9.53 Å². The Morgan fingerprint density at radius 1 is 0.957 bits per heavy atom. The first kappa shape index (κ1) is 20.8. The molecule has 4 nitrogen and oxygen atoms in total. The van der Waals surface area contributed by atoms with Crippen LogP contribution in [0.25, 0.3) is 0 Å². The van der Waals surface area contributed by atoms with Gasteiger partial charge in [-0.1, -0.05) is 68.3 Å². The fourth-order valence-corrected chi connectivity index (χ4v) is 1.78. The van der Waals surface area contributed by atoms with Crippen molar-refractivity contribution in [2.45, 2.75) is 32.8 Å². The Labute approximate surface area is 139 Å². The van der Waals surface area contributed by atoms with Gasteiger partial charge < -0.3 is 16.6 Å². The smallest absolute Gasteiger partial charge is 0.338 e. The van der Waals surface area contributed by atoms with Crippen LogP contribution in [0.3, 0.4) is 0 Å². The molecule has 2 rings (SSSR count). The first-order valence-electron chi connectivity index (χ1n) is 7.74. The van der Waals surface area contributed by atoms with Crippen LogP contribution in [0.2, 0.25) is 0 Å². The maximum absolute atomic E-state index is 11.6. The van der Waals surface area contributed by atoms with E-state index in [0.717, 1.165) is 12.1 Å². The molecule has 0 aliphatic heterocycles. The average molecular weight is 316 g/mol. The van der Waals surface area contributed by atoms with Crippen LogP contribution in [-0.4, -0.2) is 12.5 Å². The molecule has 0 heterocycles. The number of benzene rings is 2. The van der Waals surface area contributed by atoms with Gasteiger partial charge in [-0.15, -0.1) is 0 Å². The molecule has 0 unspecified atom stereocenters. The number of ether oxygens (including phenoxy) is 1. The molecule has 5 N–H and O–H groups in total. The minimum absolute atomic E-state index is 0. The van der Waals surface area contributed by atoms with Crippen LogP contribution in [0.5, 0.6) is 0 Å². The Morgan fingerprint density at radius 3 is 2.00 bits per heavy atom. The fraction of sp³-hybridized carbons (Fsp3) is 0.316. The average Bonchev–Trinajstić information content (AvgIpc) is 2.60. The second-order valence-electron chi connectivity index (χ2n) is 4.92. The van der Waals surface area contributed by atoms with Crippen molar-refractivity contribution in [1.29, 1.82) is 0 Å². The van der Waals surface area contributed by atoms with E-state index in [1.165, 1.54) is 19.3 Å². The van der Waals surface area contributed by atoms with Crippen LogP contribution in [0.1, 0.15) is 42.1 Å². The van der Waals surface area contributed by atoms with Gasteiger partial charge in [-0.2, -0.15) is 0 Å². The quantitative estimate of drug-likeness (QED) is 0.613. The molecule has 2 aromatic carbocycles. The second-order valence-corrected chi connectivity index (χ2v) is 4.92. The normalized spacial score (nSPS) is 9.13. The highest BCUT2D eigenvalue weighted by molar-refractivity contribution is 5.89. The third-order valence-electron chi connectivity index (χ3n) is 3.03. The van der Waals surface area contributed by atoms with E-state index in [0.29, 0.717) is 12.2 Å². The summed E-state index contributed by atoms with van der Waals surface area (Å²) in [6, 6.07) is 18.6. The van der Waals surface area contributed by atoms with E-state index < -0.39 is 0 Å². The number of carbonyl (C=O) groups excluding carboxylic acids is 1. The molecule has 23 heavy (non-hydrogen) atoms. The number of carbonyl (C=O) groups is 1. The zero-order chi connectivity index (χ0) is 16.0. The maximum atomic E-state index is 11.6. The Morgan fingerprint density at radius 2 is 1.52 bits per heavy atom. The van der Waals surface area contributed by atoms with Crippen molar-refractivity contribution in [1.82, 2.24) is 6.15 Å².